The molecular formula is C27H35FN6O2. The maximum absolute atomic E-state index is 14.0. The SMILES string of the molecule is CN1CCN(Cc2ccc3c(c2)c(=O)n(C2CCC(O)CC2)c2nc(NC4CC(F)C4)ncc32)CC1. The van der Waals surface area contributed by atoms with Crippen molar-refractivity contribution in [3.8, 4) is 0 Å². The lowest BCUT2D eigenvalue weighted by molar-refractivity contribution is 0.111. The number of hydrogen-bond acceptors (Lipinski definition) is 7. The first-order valence-electron chi connectivity index (χ1n) is 13.3. The molecule has 192 valence electrons. The van der Waals surface area contributed by atoms with Crippen LogP contribution >= 0.6 is 0 Å². The Kier molecular flexibility index (Phi) is 6.39. The van der Waals surface area contributed by atoms with Crippen LogP contribution in [0.15, 0.2) is 29.2 Å². The van der Waals surface area contributed by atoms with Crippen LogP contribution in [0.3, 0.4) is 0 Å². The van der Waals surface area contributed by atoms with Crippen LogP contribution < -0.4 is 10.9 Å². The van der Waals surface area contributed by atoms with E-state index in [1.54, 1.807) is 6.20 Å². The highest BCUT2D eigenvalue weighted by molar-refractivity contribution is 6.04. The summed E-state index contributed by atoms with van der Waals surface area (Å²) in [6, 6.07) is 6.21. The van der Waals surface area contributed by atoms with Gasteiger partial charge in [-0.05, 0) is 62.6 Å². The minimum atomic E-state index is -0.765. The molecule has 3 fully saturated rings. The number of alkyl halides is 1. The van der Waals surface area contributed by atoms with Gasteiger partial charge in [-0.1, -0.05) is 12.1 Å². The Morgan fingerprint density at radius 2 is 1.81 bits per heavy atom. The number of aliphatic hydroxyl groups excluding tert-OH is 1. The number of nitrogens with one attached hydrogen (secondary N) is 1. The Balaban J connectivity index is 1.41. The minimum absolute atomic E-state index is 0.0178. The smallest absolute Gasteiger partial charge is 0.260 e. The number of fused-ring (bicyclic) bond motifs is 3. The van der Waals surface area contributed by atoms with Crippen molar-refractivity contribution in [1.82, 2.24) is 24.3 Å². The fourth-order valence-electron chi connectivity index (χ4n) is 5.91. The summed E-state index contributed by atoms with van der Waals surface area (Å²) in [7, 11) is 2.15. The molecule has 0 bridgehead atoms. The number of rotatable bonds is 5. The third-order valence-corrected chi connectivity index (χ3v) is 8.27. The Morgan fingerprint density at radius 3 is 2.53 bits per heavy atom. The number of nitrogens with zero attached hydrogens (tertiary/aromatic N) is 5. The third-order valence-electron chi connectivity index (χ3n) is 8.27. The fraction of sp³-hybridized carbons (Fsp3) is 0.593. The quantitative estimate of drug-likeness (QED) is 0.527. The Morgan fingerprint density at radius 1 is 1.06 bits per heavy atom. The minimum Gasteiger partial charge on any atom is -0.393 e. The van der Waals surface area contributed by atoms with E-state index in [2.05, 4.69) is 33.2 Å². The number of hydrogen-bond donors (Lipinski definition) is 2. The maximum Gasteiger partial charge on any atom is 0.260 e. The third kappa shape index (κ3) is 4.60. The molecule has 6 rings (SSSR count). The number of halogens is 1. The van der Waals surface area contributed by atoms with Crippen molar-refractivity contribution in [2.45, 2.75) is 69.4 Å². The highest BCUT2D eigenvalue weighted by Gasteiger charge is 2.30. The van der Waals surface area contributed by atoms with E-state index in [0.717, 1.165) is 61.9 Å². The number of likely N-dealkylation sites (N-methyl/N-ethyl adjacent to an activating group) is 1. The molecule has 36 heavy (non-hydrogen) atoms. The lowest BCUT2D eigenvalue weighted by Gasteiger charge is -2.32. The van der Waals surface area contributed by atoms with Crippen LogP contribution in [0.4, 0.5) is 10.3 Å². The zero-order valence-electron chi connectivity index (χ0n) is 20.9. The predicted octanol–water partition coefficient (Wildman–Crippen LogP) is 3.08. The summed E-state index contributed by atoms with van der Waals surface area (Å²) >= 11 is 0. The molecule has 1 aromatic carbocycles. The average Bonchev–Trinajstić information content (AvgIpc) is 2.86. The number of piperazine rings is 1. The largest absolute Gasteiger partial charge is 0.393 e. The van der Waals surface area contributed by atoms with Gasteiger partial charge in [0.2, 0.25) is 5.95 Å². The molecule has 1 aliphatic heterocycles. The molecule has 1 saturated heterocycles. The van der Waals surface area contributed by atoms with Gasteiger partial charge in [0.1, 0.15) is 11.8 Å². The van der Waals surface area contributed by atoms with Gasteiger partial charge in [-0.3, -0.25) is 14.3 Å². The summed E-state index contributed by atoms with van der Waals surface area (Å²) in [4.78, 5) is 28.1. The van der Waals surface area contributed by atoms with Crippen molar-refractivity contribution < 1.29 is 9.50 Å². The summed E-state index contributed by atoms with van der Waals surface area (Å²) in [6.07, 6.45) is 4.48. The van der Waals surface area contributed by atoms with Crippen LogP contribution in [0.25, 0.3) is 21.8 Å². The van der Waals surface area contributed by atoms with Crippen LogP contribution in [-0.2, 0) is 6.54 Å². The fourth-order valence-corrected chi connectivity index (χ4v) is 5.91. The number of pyridine rings is 1. The monoisotopic (exact) mass is 494 g/mol. The zero-order chi connectivity index (χ0) is 24.8. The van der Waals surface area contributed by atoms with E-state index in [1.807, 2.05) is 16.7 Å². The second-order valence-corrected chi connectivity index (χ2v) is 10.9. The van der Waals surface area contributed by atoms with Gasteiger partial charge in [0.15, 0.2) is 0 Å². The van der Waals surface area contributed by atoms with E-state index in [1.165, 1.54) is 0 Å². The van der Waals surface area contributed by atoms with E-state index < -0.39 is 6.17 Å². The van der Waals surface area contributed by atoms with Crippen molar-refractivity contribution in [3.05, 3.63) is 40.3 Å². The molecule has 3 aromatic rings. The van der Waals surface area contributed by atoms with Gasteiger partial charge in [0.05, 0.1) is 6.10 Å². The van der Waals surface area contributed by atoms with Crippen molar-refractivity contribution >= 4 is 27.8 Å². The van der Waals surface area contributed by atoms with Gasteiger partial charge < -0.3 is 15.3 Å². The Bertz CT molecular complexity index is 1310. The summed E-state index contributed by atoms with van der Waals surface area (Å²) in [5.74, 6) is 0.439. The van der Waals surface area contributed by atoms with Gasteiger partial charge in [0.25, 0.3) is 5.56 Å². The van der Waals surface area contributed by atoms with E-state index in [4.69, 9.17) is 4.98 Å². The van der Waals surface area contributed by atoms with E-state index in [0.29, 0.717) is 42.7 Å². The number of aromatic nitrogens is 3. The van der Waals surface area contributed by atoms with Crippen molar-refractivity contribution in [2.24, 2.45) is 0 Å². The second kappa shape index (κ2) is 9.68. The van der Waals surface area contributed by atoms with E-state index >= 15 is 0 Å². The van der Waals surface area contributed by atoms with Crippen LogP contribution in [-0.4, -0.2) is 81.0 Å². The van der Waals surface area contributed by atoms with Gasteiger partial charge in [-0.2, -0.15) is 4.98 Å². The normalized spacial score (nSPS) is 27.9. The first kappa shape index (κ1) is 23.8. The molecule has 2 aromatic heterocycles. The van der Waals surface area contributed by atoms with Crippen LogP contribution in [0.2, 0.25) is 0 Å². The first-order valence-corrected chi connectivity index (χ1v) is 13.3. The molecule has 0 spiro atoms. The standard InChI is InChI=1S/C27H35FN6O2/c1-32-8-10-33(11-9-32)16-17-2-7-22-23(12-17)26(36)34(20-3-5-21(35)6-4-20)25-24(22)15-29-27(31-25)30-19-13-18(28)14-19/h2,7,12,15,18-21,35H,3-6,8-11,13-14,16H2,1H3,(H,29,30,31). The molecule has 2 N–H and O–H groups in total. The highest BCUT2D eigenvalue weighted by Crippen LogP contribution is 2.33. The summed E-state index contributed by atoms with van der Waals surface area (Å²) < 4.78 is 15.2. The molecule has 3 heterocycles. The van der Waals surface area contributed by atoms with E-state index in [-0.39, 0.29) is 23.7 Å². The molecule has 2 aliphatic carbocycles. The van der Waals surface area contributed by atoms with E-state index in [9.17, 15) is 14.3 Å². The van der Waals surface area contributed by atoms with Gasteiger partial charge in [-0.15, -0.1) is 0 Å². The van der Waals surface area contributed by atoms with Gasteiger partial charge >= 0.3 is 0 Å². The Labute approximate surface area is 210 Å². The molecule has 0 atom stereocenters. The molecule has 0 radical (unpaired) electrons. The molecule has 2 saturated carbocycles. The zero-order valence-corrected chi connectivity index (χ0v) is 20.9. The van der Waals surface area contributed by atoms with Gasteiger partial charge in [-0.25, -0.2) is 9.37 Å². The predicted molar refractivity (Wildman–Crippen MR) is 139 cm³/mol. The number of anilines is 1. The average molecular weight is 495 g/mol. The summed E-state index contributed by atoms with van der Waals surface area (Å²) in [6.45, 7) is 4.98. The topological polar surface area (TPSA) is 86.5 Å². The summed E-state index contributed by atoms with van der Waals surface area (Å²) in [5.41, 5.74) is 1.73. The lowest BCUT2D eigenvalue weighted by Crippen LogP contribution is -2.43. The van der Waals surface area contributed by atoms with Crippen LogP contribution in [0.1, 0.15) is 50.1 Å². The van der Waals surface area contributed by atoms with Gasteiger partial charge in [0, 0.05) is 61.8 Å². The molecule has 3 aliphatic rings. The van der Waals surface area contributed by atoms with Crippen molar-refractivity contribution in [3.63, 3.8) is 0 Å². The second-order valence-electron chi connectivity index (χ2n) is 10.9. The highest BCUT2D eigenvalue weighted by atomic mass is 19.1. The number of aliphatic hydroxyl groups is 1. The first-order chi connectivity index (χ1) is 17.4. The van der Waals surface area contributed by atoms with Crippen molar-refractivity contribution in [1.29, 1.82) is 0 Å². The number of benzene rings is 1. The van der Waals surface area contributed by atoms with Crippen LogP contribution in [0, 0.1) is 0 Å². The molecular weight excluding hydrogens is 459 g/mol. The molecule has 0 unspecified atom stereocenters. The summed E-state index contributed by atoms with van der Waals surface area (Å²) in [5, 5.41) is 15.7. The maximum atomic E-state index is 14.0. The molecule has 8 nitrogen and oxygen atoms in total. The molecule has 0 amide bonds. The molecule has 9 heteroatoms. The Hall–Kier alpha value is -2.62. The van der Waals surface area contributed by atoms with Crippen LogP contribution in [0.5, 0.6) is 0 Å². The van der Waals surface area contributed by atoms with Crippen molar-refractivity contribution in [2.75, 3.05) is 38.5 Å². The lowest BCUT2D eigenvalue weighted by atomic mass is 9.91.